The summed E-state index contributed by atoms with van der Waals surface area (Å²) >= 11 is 0. The Labute approximate surface area is 156 Å². The minimum atomic E-state index is -0.189. The maximum absolute atomic E-state index is 12.6. The Bertz CT molecular complexity index is 653. The Balaban J connectivity index is 1.73. The van der Waals surface area contributed by atoms with E-state index in [-0.39, 0.29) is 17.7 Å². The molecule has 1 aromatic rings. The average molecular weight is 357 g/mol. The molecule has 1 aliphatic heterocycles. The molecule has 3 N–H and O–H groups in total. The van der Waals surface area contributed by atoms with E-state index in [2.05, 4.69) is 5.32 Å². The summed E-state index contributed by atoms with van der Waals surface area (Å²) in [5.74, 6) is 0.500. The van der Waals surface area contributed by atoms with Gasteiger partial charge in [0.2, 0.25) is 11.8 Å². The van der Waals surface area contributed by atoms with Gasteiger partial charge in [-0.3, -0.25) is 9.59 Å². The van der Waals surface area contributed by atoms with Crippen LogP contribution in [0.4, 0.5) is 11.4 Å². The van der Waals surface area contributed by atoms with Crippen LogP contribution in [-0.2, 0) is 16.0 Å². The molecule has 0 aromatic heterocycles. The molecule has 1 aliphatic carbocycles. The molecule has 0 radical (unpaired) electrons. The van der Waals surface area contributed by atoms with Crippen LogP contribution in [0, 0.1) is 11.8 Å². The minimum Gasteiger partial charge on any atom is -0.330 e. The Morgan fingerprint density at radius 3 is 2.73 bits per heavy atom. The number of carbonyl (C=O) groups is 2. The van der Waals surface area contributed by atoms with Crippen molar-refractivity contribution < 1.29 is 9.59 Å². The summed E-state index contributed by atoms with van der Waals surface area (Å²) in [5.41, 5.74) is 8.55. The molecular formula is C21H31N3O2. The molecule has 5 nitrogen and oxygen atoms in total. The molecule has 3 rings (SSSR count). The van der Waals surface area contributed by atoms with Crippen LogP contribution < -0.4 is 16.0 Å². The molecule has 1 heterocycles. The predicted molar refractivity (Wildman–Crippen MR) is 105 cm³/mol. The lowest BCUT2D eigenvalue weighted by molar-refractivity contribution is -0.121. The first-order chi connectivity index (χ1) is 12.6. The van der Waals surface area contributed by atoms with E-state index in [9.17, 15) is 9.59 Å². The third-order valence-electron chi connectivity index (χ3n) is 5.76. The molecule has 1 atom stereocenters. The molecule has 142 valence electrons. The molecule has 1 unspecified atom stereocenters. The molecular weight excluding hydrogens is 326 g/mol. The number of hydrogen-bond donors (Lipinski definition) is 2. The van der Waals surface area contributed by atoms with Crippen molar-refractivity contribution in [3.63, 3.8) is 0 Å². The van der Waals surface area contributed by atoms with Crippen LogP contribution in [0.1, 0.15) is 57.4 Å². The second kappa shape index (κ2) is 8.67. The number of amides is 2. The van der Waals surface area contributed by atoms with Crippen molar-refractivity contribution in [2.75, 3.05) is 23.3 Å². The van der Waals surface area contributed by atoms with Gasteiger partial charge in [-0.05, 0) is 49.3 Å². The number of benzene rings is 1. The van der Waals surface area contributed by atoms with Crippen LogP contribution >= 0.6 is 0 Å². The molecule has 2 amide bonds. The molecule has 26 heavy (non-hydrogen) atoms. The largest absolute Gasteiger partial charge is 0.330 e. The zero-order chi connectivity index (χ0) is 18.5. The molecule has 2 aliphatic rings. The molecule has 1 fully saturated rings. The van der Waals surface area contributed by atoms with Gasteiger partial charge in [-0.25, -0.2) is 0 Å². The van der Waals surface area contributed by atoms with Gasteiger partial charge in [0.25, 0.3) is 0 Å². The summed E-state index contributed by atoms with van der Waals surface area (Å²) in [7, 11) is 0. The van der Waals surface area contributed by atoms with Gasteiger partial charge in [0.15, 0.2) is 0 Å². The third kappa shape index (κ3) is 4.26. The van der Waals surface area contributed by atoms with E-state index >= 15 is 0 Å². The van der Waals surface area contributed by atoms with E-state index in [0.717, 1.165) is 36.3 Å². The Kier molecular flexibility index (Phi) is 6.30. The highest BCUT2D eigenvalue weighted by Crippen LogP contribution is 2.34. The van der Waals surface area contributed by atoms with Crippen LogP contribution in [0.5, 0.6) is 0 Å². The minimum absolute atomic E-state index is 0.0686. The third-order valence-corrected chi connectivity index (χ3v) is 5.76. The number of carbonyl (C=O) groups excluding carboxylic acids is 2. The first kappa shape index (κ1) is 18.9. The highest BCUT2D eigenvalue weighted by molar-refractivity contribution is 5.98. The van der Waals surface area contributed by atoms with E-state index < -0.39 is 0 Å². The standard InChI is InChI=1S/C21H31N3O2/c1-15(14-22)21(26)24-12-6-9-17-18(10-5-11-19(17)24)23-20(25)13-16-7-3-2-4-8-16/h5,10-11,15-16H,2-4,6-9,12-14,22H2,1H3,(H,23,25). The first-order valence-corrected chi connectivity index (χ1v) is 10.0. The number of nitrogens with one attached hydrogen (secondary N) is 1. The van der Waals surface area contributed by atoms with Crippen molar-refractivity contribution in [1.29, 1.82) is 0 Å². The number of rotatable bonds is 5. The Hall–Kier alpha value is -1.88. The lowest BCUT2D eigenvalue weighted by Crippen LogP contribution is -2.41. The number of nitrogens with two attached hydrogens (primary N) is 1. The molecule has 5 heteroatoms. The predicted octanol–water partition coefficient (Wildman–Crippen LogP) is 3.47. The van der Waals surface area contributed by atoms with Crippen molar-refractivity contribution in [3.05, 3.63) is 23.8 Å². The Morgan fingerprint density at radius 1 is 1.23 bits per heavy atom. The molecule has 1 saturated carbocycles. The SMILES string of the molecule is CC(CN)C(=O)N1CCCc2c(NC(=O)CC3CCCCC3)cccc21. The highest BCUT2D eigenvalue weighted by atomic mass is 16.2. The lowest BCUT2D eigenvalue weighted by atomic mass is 9.87. The smallest absolute Gasteiger partial charge is 0.231 e. The summed E-state index contributed by atoms with van der Waals surface area (Å²) in [6.07, 6.45) is 8.52. The normalized spacial score (nSPS) is 18.9. The van der Waals surface area contributed by atoms with Crippen molar-refractivity contribution in [2.24, 2.45) is 17.6 Å². The van der Waals surface area contributed by atoms with Gasteiger partial charge in [0, 0.05) is 36.8 Å². The van der Waals surface area contributed by atoms with Crippen molar-refractivity contribution in [2.45, 2.75) is 58.3 Å². The fourth-order valence-electron chi connectivity index (χ4n) is 4.19. The van der Waals surface area contributed by atoms with Crippen LogP contribution in [0.15, 0.2) is 18.2 Å². The second-order valence-electron chi connectivity index (χ2n) is 7.79. The molecule has 0 saturated heterocycles. The lowest BCUT2D eigenvalue weighted by Gasteiger charge is -2.32. The van der Waals surface area contributed by atoms with Crippen LogP contribution in [0.25, 0.3) is 0 Å². The summed E-state index contributed by atoms with van der Waals surface area (Å²) < 4.78 is 0. The van der Waals surface area contributed by atoms with Gasteiger partial charge in [0.1, 0.15) is 0 Å². The monoisotopic (exact) mass is 357 g/mol. The fraction of sp³-hybridized carbons (Fsp3) is 0.619. The Morgan fingerprint density at radius 2 is 2.00 bits per heavy atom. The quantitative estimate of drug-likeness (QED) is 0.847. The summed E-state index contributed by atoms with van der Waals surface area (Å²) in [6.45, 7) is 2.94. The van der Waals surface area contributed by atoms with Crippen molar-refractivity contribution >= 4 is 23.2 Å². The fourth-order valence-corrected chi connectivity index (χ4v) is 4.19. The number of nitrogens with zero attached hydrogens (tertiary/aromatic N) is 1. The van der Waals surface area contributed by atoms with Gasteiger partial charge in [0.05, 0.1) is 0 Å². The number of fused-ring (bicyclic) bond motifs is 1. The second-order valence-corrected chi connectivity index (χ2v) is 7.79. The zero-order valence-corrected chi connectivity index (χ0v) is 15.8. The summed E-state index contributed by atoms with van der Waals surface area (Å²) in [5, 5.41) is 3.12. The van der Waals surface area contributed by atoms with E-state index in [1.807, 2.05) is 30.0 Å². The van der Waals surface area contributed by atoms with Gasteiger partial charge in [-0.15, -0.1) is 0 Å². The highest BCUT2D eigenvalue weighted by Gasteiger charge is 2.27. The van der Waals surface area contributed by atoms with Gasteiger partial charge in [-0.2, -0.15) is 0 Å². The van der Waals surface area contributed by atoms with Crippen molar-refractivity contribution in [1.82, 2.24) is 0 Å². The maximum atomic E-state index is 12.6. The van der Waals surface area contributed by atoms with E-state index in [0.29, 0.717) is 18.9 Å². The summed E-state index contributed by atoms with van der Waals surface area (Å²) in [4.78, 5) is 27.0. The molecule has 0 bridgehead atoms. The topological polar surface area (TPSA) is 75.4 Å². The molecule has 1 aromatic carbocycles. The average Bonchev–Trinajstić information content (AvgIpc) is 2.67. The van der Waals surface area contributed by atoms with E-state index in [4.69, 9.17) is 5.73 Å². The van der Waals surface area contributed by atoms with Crippen LogP contribution in [0.3, 0.4) is 0 Å². The van der Waals surface area contributed by atoms with E-state index in [1.54, 1.807) is 0 Å². The van der Waals surface area contributed by atoms with E-state index in [1.165, 1.54) is 32.1 Å². The number of hydrogen-bond acceptors (Lipinski definition) is 3. The first-order valence-electron chi connectivity index (χ1n) is 10.0. The maximum Gasteiger partial charge on any atom is 0.231 e. The number of anilines is 2. The molecule has 0 spiro atoms. The zero-order valence-electron chi connectivity index (χ0n) is 15.8. The van der Waals surface area contributed by atoms with Gasteiger partial charge < -0.3 is 16.0 Å². The van der Waals surface area contributed by atoms with Crippen LogP contribution in [-0.4, -0.2) is 24.9 Å². The van der Waals surface area contributed by atoms with Crippen LogP contribution in [0.2, 0.25) is 0 Å². The van der Waals surface area contributed by atoms with Gasteiger partial charge >= 0.3 is 0 Å². The van der Waals surface area contributed by atoms with Crippen molar-refractivity contribution in [3.8, 4) is 0 Å². The van der Waals surface area contributed by atoms with Gasteiger partial charge in [-0.1, -0.05) is 32.3 Å². The summed E-state index contributed by atoms with van der Waals surface area (Å²) in [6, 6.07) is 5.86.